The number of allylic oxidation sites excluding steroid dienone is 6. The number of likely N-dealkylation sites (N-methyl/N-ethyl adjacent to an activating group) is 1. The summed E-state index contributed by atoms with van der Waals surface area (Å²) in [5.41, 5.74) is 6.58. The van der Waals surface area contributed by atoms with Gasteiger partial charge in [-0.2, -0.15) is 5.10 Å². The third-order valence-electron chi connectivity index (χ3n) is 2.00. The lowest BCUT2D eigenvalue weighted by Crippen LogP contribution is -2.27. The van der Waals surface area contributed by atoms with Crippen LogP contribution in [0.4, 0.5) is 0 Å². The summed E-state index contributed by atoms with van der Waals surface area (Å²) in [4.78, 5) is 14.9. The molecule has 0 aliphatic heterocycles. The molecule has 0 spiro atoms. The Balaban J connectivity index is 5.03. The quantitative estimate of drug-likeness (QED) is 0.406. The third kappa shape index (κ3) is 7.49. The van der Waals surface area contributed by atoms with Crippen LogP contribution in [0.5, 0.6) is 0 Å². The highest BCUT2D eigenvalue weighted by atomic mass is 16.1. The van der Waals surface area contributed by atoms with Gasteiger partial charge in [-0.15, -0.1) is 0 Å². The minimum Gasteiger partial charge on any atom is -0.368 e. The smallest absolute Gasteiger partial charge is 0.238 e. The monoisotopic (exact) mass is 260 g/mol. The molecule has 0 aromatic carbocycles. The van der Waals surface area contributed by atoms with Gasteiger partial charge in [0.1, 0.15) is 6.54 Å². The van der Waals surface area contributed by atoms with E-state index in [9.17, 15) is 4.79 Å². The molecule has 0 aromatic rings. The maximum atomic E-state index is 10.7. The molecule has 1 amide bonds. The first-order valence-electron chi connectivity index (χ1n) is 5.67. The molecule has 5 nitrogen and oxygen atoms in total. The van der Waals surface area contributed by atoms with Crippen molar-refractivity contribution in [2.45, 2.75) is 0 Å². The van der Waals surface area contributed by atoms with E-state index in [1.54, 1.807) is 44.6 Å². The minimum atomic E-state index is -0.440. The van der Waals surface area contributed by atoms with Crippen molar-refractivity contribution in [2.24, 2.45) is 15.8 Å². The summed E-state index contributed by atoms with van der Waals surface area (Å²) in [5, 5.41) is 5.56. The fourth-order valence-corrected chi connectivity index (χ4v) is 1.21. The standard InChI is InChI=1S/C14H20N4O/c1-5-7-9-13(16-3)12(8-6-2)10-17-18(4)11-14(15)19/h5-10H,1-2,11H2,3-4H3,(H2,15,19)/b9-7-,12-8-,16-13?,17-10-. The van der Waals surface area contributed by atoms with E-state index >= 15 is 0 Å². The summed E-state index contributed by atoms with van der Waals surface area (Å²) in [6.45, 7) is 7.31. The van der Waals surface area contributed by atoms with Crippen LogP contribution in [0.3, 0.4) is 0 Å². The molecule has 0 aromatic heterocycles. The van der Waals surface area contributed by atoms with Crippen LogP contribution in [0.15, 0.2) is 59.2 Å². The highest BCUT2D eigenvalue weighted by molar-refractivity contribution is 6.21. The van der Waals surface area contributed by atoms with Gasteiger partial charge in [0.25, 0.3) is 0 Å². The largest absolute Gasteiger partial charge is 0.368 e. The number of nitrogens with zero attached hydrogens (tertiary/aromatic N) is 3. The van der Waals surface area contributed by atoms with Gasteiger partial charge in [-0.25, -0.2) is 0 Å². The molecule has 0 heterocycles. The van der Waals surface area contributed by atoms with Crippen LogP contribution in [0.1, 0.15) is 0 Å². The number of hydrogen-bond acceptors (Lipinski definition) is 4. The first-order valence-corrected chi connectivity index (χ1v) is 5.67. The second kappa shape index (κ2) is 9.58. The normalized spacial score (nSPS) is 12.9. The summed E-state index contributed by atoms with van der Waals surface area (Å²) >= 11 is 0. The van der Waals surface area contributed by atoms with E-state index in [1.165, 1.54) is 5.01 Å². The fraction of sp³-hybridized carbons (Fsp3) is 0.214. The Labute approximate surface area is 114 Å². The third-order valence-corrected chi connectivity index (χ3v) is 2.00. The number of aliphatic imine (C=N–C) groups is 1. The van der Waals surface area contributed by atoms with Crippen molar-refractivity contribution < 1.29 is 4.79 Å². The molecule has 0 radical (unpaired) electrons. The van der Waals surface area contributed by atoms with Crippen LogP contribution in [0, 0.1) is 0 Å². The number of hydrazone groups is 1. The molecule has 0 saturated carbocycles. The van der Waals surface area contributed by atoms with Crippen molar-refractivity contribution in [2.75, 3.05) is 20.6 Å². The highest BCUT2D eigenvalue weighted by Crippen LogP contribution is 2.00. The lowest BCUT2D eigenvalue weighted by molar-refractivity contribution is -0.118. The Morgan fingerprint density at radius 3 is 2.53 bits per heavy atom. The van der Waals surface area contributed by atoms with Gasteiger partial charge in [-0.3, -0.25) is 14.8 Å². The van der Waals surface area contributed by atoms with Crippen LogP contribution < -0.4 is 5.73 Å². The predicted octanol–water partition coefficient (Wildman–Crippen LogP) is 1.31. The summed E-state index contributed by atoms with van der Waals surface area (Å²) < 4.78 is 0. The summed E-state index contributed by atoms with van der Waals surface area (Å²) in [6.07, 6.45) is 10.3. The van der Waals surface area contributed by atoms with E-state index in [0.717, 1.165) is 11.3 Å². The number of nitrogens with two attached hydrogens (primary N) is 1. The first-order chi connectivity index (χ1) is 9.04. The molecule has 0 aliphatic rings. The Bertz CT molecular complexity index is 444. The van der Waals surface area contributed by atoms with Crippen LogP contribution in [0.25, 0.3) is 0 Å². The number of primary amides is 1. The van der Waals surface area contributed by atoms with Crippen LogP contribution in [-0.4, -0.2) is 43.5 Å². The van der Waals surface area contributed by atoms with Crippen molar-refractivity contribution in [3.8, 4) is 0 Å². The fourth-order valence-electron chi connectivity index (χ4n) is 1.21. The molecule has 0 bridgehead atoms. The van der Waals surface area contributed by atoms with Crippen LogP contribution in [0.2, 0.25) is 0 Å². The summed E-state index contributed by atoms with van der Waals surface area (Å²) in [7, 11) is 3.34. The molecular formula is C14H20N4O. The second-order valence-corrected chi connectivity index (χ2v) is 3.59. The molecule has 0 atom stereocenters. The van der Waals surface area contributed by atoms with Gasteiger partial charge in [0.15, 0.2) is 0 Å². The molecular weight excluding hydrogens is 240 g/mol. The van der Waals surface area contributed by atoms with E-state index in [2.05, 4.69) is 23.3 Å². The van der Waals surface area contributed by atoms with Crippen molar-refractivity contribution >= 4 is 17.8 Å². The van der Waals surface area contributed by atoms with Crippen LogP contribution in [-0.2, 0) is 4.79 Å². The van der Waals surface area contributed by atoms with E-state index in [4.69, 9.17) is 5.73 Å². The highest BCUT2D eigenvalue weighted by Gasteiger charge is 2.01. The molecule has 19 heavy (non-hydrogen) atoms. The van der Waals surface area contributed by atoms with Crippen molar-refractivity contribution in [1.29, 1.82) is 0 Å². The predicted molar refractivity (Wildman–Crippen MR) is 81.3 cm³/mol. The Morgan fingerprint density at radius 2 is 2.05 bits per heavy atom. The molecule has 0 rings (SSSR count). The van der Waals surface area contributed by atoms with Crippen molar-refractivity contribution in [3.05, 3.63) is 49.1 Å². The van der Waals surface area contributed by atoms with E-state index in [0.29, 0.717) is 0 Å². The van der Waals surface area contributed by atoms with E-state index in [1.807, 2.05) is 6.08 Å². The first kappa shape index (κ1) is 16.6. The maximum Gasteiger partial charge on any atom is 0.238 e. The number of hydrogen-bond donors (Lipinski definition) is 1. The molecule has 0 saturated heterocycles. The lowest BCUT2D eigenvalue weighted by atomic mass is 10.1. The Morgan fingerprint density at radius 1 is 1.37 bits per heavy atom. The van der Waals surface area contributed by atoms with Gasteiger partial charge < -0.3 is 5.73 Å². The number of amides is 1. The summed E-state index contributed by atoms with van der Waals surface area (Å²) in [5.74, 6) is -0.440. The van der Waals surface area contributed by atoms with Gasteiger partial charge >= 0.3 is 0 Å². The SMILES string of the molecule is C=C/C=C\C(=NC)C(/C=N\N(C)CC(N)=O)=C\C=C. The second-order valence-electron chi connectivity index (χ2n) is 3.59. The Kier molecular flexibility index (Phi) is 8.36. The number of carbonyl (C=O) groups is 1. The van der Waals surface area contributed by atoms with Gasteiger partial charge in [-0.05, 0) is 6.08 Å². The van der Waals surface area contributed by atoms with Gasteiger partial charge in [0.05, 0.1) is 11.9 Å². The molecule has 2 N–H and O–H groups in total. The van der Waals surface area contributed by atoms with Gasteiger partial charge in [-0.1, -0.05) is 37.5 Å². The van der Waals surface area contributed by atoms with Crippen LogP contribution >= 0.6 is 0 Å². The Hall–Kier alpha value is -2.43. The maximum absolute atomic E-state index is 10.7. The van der Waals surface area contributed by atoms with Crippen molar-refractivity contribution in [3.63, 3.8) is 0 Å². The zero-order valence-corrected chi connectivity index (χ0v) is 11.4. The molecule has 0 unspecified atom stereocenters. The average molecular weight is 260 g/mol. The number of carbonyl (C=O) groups excluding carboxylic acids is 1. The molecule has 0 aliphatic carbocycles. The molecule has 102 valence electrons. The minimum absolute atomic E-state index is 0.0545. The van der Waals surface area contributed by atoms with E-state index in [-0.39, 0.29) is 6.54 Å². The number of rotatable bonds is 8. The lowest BCUT2D eigenvalue weighted by Gasteiger charge is -2.10. The zero-order chi connectivity index (χ0) is 14.7. The molecule has 5 heteroatoms. The average Bonchev–Trinajstić information content (AvgIpc) is 2.35. The van der Waals surface area contributed by atoms with E-state index < -0.39 is 5.91 Å². The van der Waals surface area contributed by atoms with Gasteiger partial charge in [0.2, 0.25) is 5.91 Å². The zero-order valence-electron chi connectivity index (χ0n) is 11.4. The topological polar surface area (TPSA) is 71.1 Å². The van der Waals surface area contributed by atoms with Crippen molar-refractivity contribution in [1.82, 2.24) is 5.01 Å². The summed E-state index contributed by atoms with van der Waals surface area (Å²) in [6, 6.07) is 0. The van der Waals surface area contributed by atoms with Gasteiger partial charge in [0, 0.05) is 19.7 Å². The molecule has 0 fully saturated rings.